The number of nitrogens with zero attached hydrogens (tertiary/aromatic N) is 5. The van der Waals surface area contributed by atoms with Crippen LogP contribution < -0.4 is 0 Å². The number of likely N-dealkylation sites (tertiary alicyclic amines) is 1. The van der Waals surface area contributed by atoms with E-state index in [0.717, 1.165) is 12.5 Å². The maximum atomic E-state index is 12.6. The second-order valence-electron chi connectivity index (χ2n) is 5.95. The summed E-state index contributed by atoms with van der Waals surface area (Å²) in [6, 6.07) is 0.720. The van der Waals surface area contributed by atoms with Gasteiger partial charge in [0.15, 0.2) is 11.5 Å². The number of hydrogen-bond donors (Lipinski definition) is 2. The molecule has 1 aliphatic rings. The average Bonchev–Trinajstić information content (AvgIpc) is 3.20. The van der Waals surface area contributed by atoms with Crippen LogP contribution >= 0.6 is 0 Å². The van der Waals surface area contributed by atoms with Crippen molar-refractivity contribution in [2.45, 2.75) is 31.5 Å². The highest BCUT2D eigenvalue weighted by Crippen LogP contribution is 2.29. The maximum absolute atomic E-state index is 12.6. The van der Waals surface area contributed by atoms with E-state index in [1.807, 2.05) is 5.10 Å². The number of halogens is 3. The molecule has 0 spiro atoms. The molecule has 136 valence electrons. The summed E-state index contributed by atoms with van der Waals surface area (Å²) in [7, 11) is 1.73. The lowest BCUT2D eigenvalue weighted by Crippen LogP contribution is -2.40. The molecule has 0 unspecified atom stereocenters. The molecule has 0 radical (unpaired) electrons. The predicted octanol–water partition coefficient (Wildman–Crippen LogP) is 1.07. The Morgan fingerprint density at radius 1 is 1.44 bits per heavy atom. The van der Waals surface area contributed by atoms with Crippen LogP contribution in [0, 0.1) is 0 Å². The van der Waals surface area contributed by atoms with Gasteiger partial charge in [-0.15, -0.1) is 10.2 Å². The van der Waals surface area contributed by atoms with Crippen LogP contribution in [-0.4, -0.2) is 54.0 Å². The van der Waals surface area contributed by atoms with Gasteiger partial charge in [-0.05, 0) is 12.8 Å². The number of carbonyl (C=O) groups is 1. The number of aromatic nitrogens is 5. The lowest BCUT2D eigenvalue weighted by atomic mass is 9.97. The van der Waals surface area contributed by atoms with Crippen molar-refractivity contribution in [3.63, 3.8) is 0 Å². The summed E-state index contributed by atoms with van der Waals surface area (Å²) in [6.45, 7) is 0.505. The van der Waals surface area contributed by atoms with E-state index in [9.17, 15) is 23.1 Å². The zero-order valence-corrected chi connectivity index (χ0v) is 13.4. The second kappa shape index (κ2) is 6.47. The number of H-pyrrole nitrogens is 1. The minimum atomic E-state index is -4.57. The molecule has 1 fully saturated rings. The molecule has 1 atom stereocenters. The van der Waals surface area contributed by atoms with Gasteiger partial charge in [0.25, 0.3) is 5.91 Å². The third-order valence-corrected chi connectivity index (χ3v) is 4.32. The highest BCUT2D eigenvalue weighted by molar-refractivity contribution is 5.92. The first-order valence-corrected chi connectivity index (χ1v) is 7.72. The minimum absolute atomic E-state index is 0.100. The number of aromatic amines is 1. The smallest absolute Gasteiger partial charge is 0.388 e. The summed E-state index contributed by atoms with van der Waals surface area (Å²) in [5.41, 5.74) is -1.31. The standard InChI is InChI=1S/C14H17F3N6O2/c1-22-11(7-24)20-21-12(22)8-3-2-4-23(6-8)13(25)9-5-10(19-18-9)14(15,16)17/h5,8,24H,2-4,6-7H2,1H3,(H,18,19)/t8-/m0/s1. The number of rotatable bonds is 3. The summed E-state index contributed by atoms with van der Waals surface area (Å²) in [5.74, 6) is 0.401. The highest BCUT2D eigenvalue weighted by Gasteiger charge is 2.35. The van der Waals surface area contributed by atoms with Crippen molar-refractivity contribution in [3.8, 4) is 0 Å². The van der Waals surface area contributed by atoms with E-state index in [1.54, 1.807) is 11.6 Å². The lowest BCUT2D eigenvalue weighted by Gasteiger charge is -2.31. The Kier molecular flexibility index (Phi) is 4.50. The van der Waals surface area contributed by atoms with Crippen LogP contribution in [0.15, 0.2) is 6.07 Å². The third-order valence-electron chi connectivity index (χ3n) is 4.32. The van der Waals surface area contributed by atoms with Crippen LogP contribution in [0.4, 0.5) is 13.2 Å². The number of hydrogen-bond acceptors (Lipinski definition) is 5. The van der Waals surface area contributed by atoms with E-state index >= 15 is 0 Å². The molecule has 1 amide bonds. The Morgan fingerprint density at radius 2 is 2.20 bits per heavy atom. The number of carbonyl (C=O) groups excluding carboxylic acids is 1. The second-order valence-corrected chi connectivity index (χ2v) is 5.95. The fraction of sp³-hybridized carbons (Fsp3) is 0.571. The molecule has 8 nitrogen and oxygen atoms in total. The van der Waals surface area contributed by atoms with Gasteiger partial charge in [-0.1, -0.05) is 0 Å². The van der Waals surface area contributed by atoms with Gasteiger partial charge in [0.05, 0.1) is 0 Å². The molecule has 3 heterocycles. The Hall–Kier alpha value is -2.43. The molecule has 0 aromatic carbocycles. The maximum Gasteiger partial charge on any atom is 0.432 e. The molecule has 25 heavy (non-hydrogen) atoms. The van der Waals surface area contributed by atoms with Crippen LogP contribution in [0.1, 0.15) is 46.6 Å². The van der Waals surface area contributed by atoms with Crippen molar-refractivity contribution in [2.24, 2.45) is 7.05 Å². The predicted molar refractivity (Wildman–Crippen MR) is 78.4 cm³/mol. The minimum Gasteiger partial charge on any atom is -0.388 e. The molecule has 11 heteroatoms. The number of aliphatic hydroxyl groups is 1. The Bertz CT molecular complexity index is 769. The van der Waals surface area contributed by atoms with Gasteiger partial charge in [0.1, 0.15) is 18.1 Å². The lowest BCUT2D eigenvalue weighted by molar-refractivity contribution is -0.141. The monoisotopic (exact) mass is 358 g/mol. The van der Waals surface area contributed by atoms with Crippen molar-refractivity contribution in [3.05, 3.63) is 29.1 Å². The molecule has 1 saturated heterocycles. The van der Waals surface area contributed by atoms with Crippen molar-refractivity contribution < 1.29 is 23.1 Å². The third kappa shape index (κ3) is 3.36. The molecule has 0 aliphatic carbocycles. The van der Waals surface area contributed by atoms with Gasteiger partial charge in [-0.2, -0.15) is 18.3 Å². The number of nitrogens with one attached hydrogen (secondary N) is 1. The first-order chi connectivity index (χ1) is 11.8. The van der Waals surface area contributed by atoms with Gasteiger partial charge in [-0.25, -0.2) is 0 Å². The molecular weight excluding hydrogens is 341 g/mol. The van der Waals surface area contributed by atoms with Gasteiger partial charge in [0.2, 0.25) is 0 Å². The quantitative estimate of drug-likeness (QED) is 0.855. The largest absolute Gasteiger partial charge is 0.432 e. The van der Waals surface area contributed by atoms with Gasteiger partial charge in [-0.3, -0.25) is 9.89 Å². The van der Waals surface area contributed by atoms with Gasteiger partial charge < -0.3 is 14.6 Å². The van der Waals surface area contributed by atoms with Crippen molar-refractivity contribution in [2.75, 3.05) is 13.1 Å². The molecule has 2 N–H and O–H groups in total. The number of alkyl halides is 3. The van der Waals surface area contributed by atoms with Crippen molar-refractivity contribution in [1.29, 1.82) is 0 Å². The SMILES string of the molecule is Cn1c(CO)nnc1[C@H]1CCCN(C(=O)c2cc(C(F)(F)F)[nH]n2)C1. The topological polar surface area (TPSA) is 99.9 Å². The molecule has 2 aromatic rings. The van der Waals surface area contributed by atoms with E-state index < -0.39 is 17.8 Å². The molecule has 0 saturated carbocycles. The summed E-state index contributed by atoms with van der Waals surface area (Å²) in [6.07, 6.45) is -3.11. The zero-order valence-electron chi connectivity index (χ0n) is 13.4. The number of aliphatic hydroxyl groups excluding tert-OH is 1. The van der Waals surface area contributed by atoms with E-state index in [-0.39, 0.29) is 18.2 Å². The normalized spacial score (nSPS) is 18.6. The van der Waals surface area contributed by atoms with E-state index in [2.05, 4.69) is 15.3 Å². The van der Waals surface area contributed by atoms with Crippen LogP contribution in [0.25, 0.3) is 0 Å². The van der Waals surface area contributed by atoms with Crippen LogP contribution in [0.5, 0.6) is 0 Å². The van der Waals surface area contributed by atoms with Crippen molar-refractivity contribution >= 4 is 5.91 Å². The van der Waals surface area contributed by atoms with E-state index in [4.69, 9.17) is 0 Å². The zero-order chi connectivity index (χ0) is 18.2. The van der Waals surface area contributed by atoms with Crippen LogP contribution in [0.3, 0.4) is 0 Å². The summed E-state index contributed by atoms with van der Waals surface area (Å²) < 4.78 is 39.6. The Labute approximate surface area is 140 Å². The first kappa shape index (κ1) is 17.4. The molecule has 2 aromatic heterocycles. The fourth-order valence-electron chi connectivity index (χ4n) is 2.98. The Morgan fingerprint density at radius 3 is 2.80 bits per heavy atom. The van der Waals surface area contributed by atoms with Gasteiger partial charge in [0, 0.05) is 32.1 Å². The van der Waals surface area contributed by atoms with Gasteiger partial charge >= 0.3 is 6.18 Å². The molecule has 1 aliphatic heterocycles. The molecule has 3 rings (SSSR count). The van der Waals surface area contributed by atoms with Crippen molar-refractivity contribution in [1.82, 2.24) is 29.9 Å². The van der Waals surface area contributed by atoms with E-state index in [1.165, 1.54) is 4.90 Å². The fourth-order valence-corrected chi connectivity index (χ4v) is 2.98. The number of piperidine rings is 1. The molecular formula is C14H17F3N6O2. The first-order valence-electron chi connectivity index (χ1n) is 7.72. The highest BCUT2D eigenvalue weighted by atomic mass is 19.4. The molecule has 0 bridgehead atoms. The van der Waals surface area contributed by atoms with E-state index in [0.29, 0.717) is 31.2 Å². The Balaban J connectivity index is 1.75. The summed E-state index contributed by atoms with van der Waals surface area (Å²) >= 11 is 0. The van der Waals surface area contributed by atoms with Crippen LogP contribution in [-0.2, 0) is 19.8 Å². The van der Waals surface area contributed by atoms with Crippen LogP contribution in [0.2, 0.25) is 0 Å². The average molecular weight is 358 g/mol. The summed E-state index contributed by atoms with van der Waals surface area (Å²) in [4.78, 5) is 13.9. The number of amides is 1. The summed E-state index contributed by atoms with van der Waals surface area (Å²) in [5, 5.41) is 22.5.